The zero-order valence-electron chi connectivity index (χ0n) is 7.16. The highest BCUT2D eigenvalue weighted by molar-refractivity contribution is 5.43. The van der Waals surface area contributed by atoms with Crippen molar-refractivity contribution < 1.29 is 9.84 Å². The summed E-state index contributed by atoms with van der Waals surface area (Å²) < 4.78 is 5.37. The normalized spacial score (nSPS) is 25.5. The van der Waals surface area contributed by atoms with E-state index in [1.807, 2.05) is 18.2 Å². The molecule has 0 aromatic heterocycles. The van der Waals surface area contributed by atoms with Crippen molar-refractivity contribution >= 4 is 0 Å². The zero-order valence-corrected chi connectivity index (χ0v) is 7.16. The first-order chi connectivity index (χ1) is 6.26. The van der Waals surface area contributed by atoms with Crippen LogP contribution in [-0.4, -0.2) is 11.7 Å². The van der Waals surface area contributed by atoms with Crippen LogP contribution in [0.4, 0.5) is 0 Å². The van der Waals surface area contributed by atoms with E-state index < -0.39 is 5.60 Å². The number of hydrogen-bond acceptors (Lipinski definition) is 2. The molecule has 1 heterocycles. The number of para-hydroxylation sites is 1. The number of rotatable bonds is 0. The largest absolute Gasteiger partial charge is 0.493 e. The lowest BCUT2D eigenvalue weighted by atomic mass is 9.89. The van der Waals surface area contributed by atoms with Crippen LogP contribution in [-0.2, 0) is 5.60 Å². The Balaban J connectivity index is 2.56. The van der Waals surface area contributed by atoms with Crippen molar-refractivity contribution in [3.63, 3.8) is 0 Å². The van der Waals surface area contributed by atoms with Crippen LogP contribution in [0.2, 0.25) is 0 Å². The third-order valence-electron chi connectivity index (χ3n) is 2.29. The van der Waals surface area contributed by atoms with Gasteiger partial charge in [-0.15, -0.1) is 6.42 Å². The Labute approximate surface area is 77.2 Å². The number of aliphatic hydroxyl groups is 1. The van der Waals surface area contributed by atoms with Gasteiger partial charge in [0.2, 0.25) is 0 Å². The highest BCUT2D eigenvalue weighted by Crippen LogP contribution is 2.35. The maximum Gasteiger partial charge on any atom is 0.157 e. The third-order valence-corrected chi connectivity index (χ3v) is 2.29. The lowest BCUT2D eigenvalue weighted by Gasteiger charge is -2.29. The van der Waals surface area contributed by atoms with Crippen LogP contribution in [0.1, 0.15) is 12.0 Å². The predicted octanol–water partition coefficient (Wildman–Crippen LogP) is 1.29. The van der Waals surface area contributed by atoms with E-state index in [-0.39, 0.29) is 0 Å². The maximum atomic E-state index is 10.0. The minimum absolute atomic E-state index is 0.459. The number of fused-ring (bicyclic) bond motifs is 1. The van der Waals surface area contributed by atoms with Gasteiger partial charge in [0.1, 0.15) is 5.75 Å². The molecule has 0 saturated heterocycles. The number of ether oxygens (including phenoxy) is 1. The van der Waals surface area contributed by atoms with Crippen molar-refractivity contribution in [1.82, 2.24) is 0 Å². The Hall–Kier alpha value is -1.46. The van der Waals surface area contributed by atoms with Crippen LogP contribution < -0.4 is 4.74 Å². The molecule has 13 heavy (non-hydrogen) atoms. The lowest BCUT2D eigenvalue weighted by molar-refractivity contribution is 0.0514. The van der Waals surface area contributed by atoms with Crippen molar-refractivity contribution in [2.45, 2.75) is 12.0 Å². The average Bonchev–Trinajstić information content (AvgIpc) is 2.19. The Kier molecular flexibility index (Phi) is 1.75. The van der Waals surface area contributed by atoms with Gasteiger partial charge in [-0.3, -0.25) is 0 Å². The molecule has 1 atom stereocenters. The number of benzene rings is 1. The maximum absolute atomic E-state index is 10.0. The van der Waals surface area contributed by atoms with Crippen LogP contribution in [0, 0.1) is 12.3 Å². The second-order valence-corrected chi connectivity index (χ2v) is 3.10. The van der Waals surface area contributed by atoms with Gasteiger partial charge in [-0.1, -0.05) is 24.1 Å². The van der Waals surface area contributed by atoms with Gasteiger partial charge in [0.05, 0.1) is 6.61 Å². The highest BCUT2D eigenvalue weighted by Gasteiger charge is 2.33. The summed E-state index contributed by atoms with van der Waals surface area (Å²) in [6.07, 6.45) is 5.76. The standard InChI is InChI=1S/C11H10O2/c1-2-11(12)7-8-13-10-6-4-3-5-9(10)11/h1,3-6,12H,7-8H2. The van der Waals surface area contributed by atoms with Gasteiger partial charge in [0.25, 0.3) is 0 Å². The van der Waals surface area contributed by atoms with Gasteiger partial charge < -0.3 is 9.84 Å². The molecule has 66 valence electrons. The molecule has 2 heteroatoms. The van der Waals surface area contributed by atoms with E-state index in [4.69, 9.17) is 11.2 Å². The van der Waals surface area contributed by atoms with Crippen molar-refractivity contribution in [2.75, 3.05) is 6.61 Å². The van der Waals surface area contributed by atoms with Gasteiger partial charge in [-0.25, -0.2) is 0 Å². The molecule has 0 radical (unpaired) electrons. The topological polar surface area (TPSA) is 29.5 Å². The van der Waals surface area contributed by atoms with Crippen LogP contribution >= 0.6 is 0 Å². The Morgan fingerprint density at radius 2 is 2.23 bits per heavy atom. The van der Waals surface area contributed by atoms with Gasteiger partial charge >= 0.3 is 0 Å². The van der Waals surface area contributed by atoms with Crippen LogP contribution in [0.15, 0.2) is 24.3 Å². The van der Waals surface area contributed by atoms with Gasteiger partial charge in [-0.2, -0.15) is 0 Å². The van der Waals surface area contributed by atoms with E-state index in [1.54, 1.807) is 6.07 Å². The summed E-state index contributed by atoms with van der Waals surface area (Å²) in [6, 6.07) is 7.32. The fourth-order valence-corrected chi connectivity index (χ4v) is 1.53. The quantitative estimate of drug-likeness (QED) is 0.600. The molecule has 1 aromatic carbocycles. The van der Waals surface area contributed by atoms with E-state index in [0.29, 0.717) is 24.3 Å². The number of hydrogen-bond donors (Lipinski definition) is 1. The minimum Gasteiger partial charge on any atom is -0.493 e. The average molecular weight is 174 g/mol. The molecule has 0 saturated carbocycles. The van der Waals surface area contributed by atoms with Gasteiger partial charge in [-0.05, 0) is 6.07 Å². The summed E-state index contributed by atoms with van der Waals surface area (Å²) >= 11 is 0. The summed E-state index contributed by atoms with van der Waals surface area (Å²) in [7, 11) is 0. The Morgan fingerprint density at radius 3 is 3.00 bits per heavy atom. The van der Waals surface area contributed by atoms with E-state index in [1.165, 1.54) is 0 Å². The van der Waals surface area contributed by atoms with Crippen molar-refractivity contribution in [3.05, 3.63) is 29.8 Å². The molecule has 1 N–H and O–H groups in total. The molecule has 0 spiro atoms. The molecule has 0 fully saturated rings. The molecule has 1 unspecified atom stereocenters. The van der Waals surface area contributed by atoms with E-state index in [0.717, 1.165) is 0 Å². The summed E-state index contributed by atoms with van der Waals surface area (Å²) in [5.74, 6) is 3.10. The van der Waals surface area contributed by atoms with Gasteiger partial charge in [0.15, 0.2) is 5.60 Å². The molecule has 1 aliphatic heterocycles. The highest BCUT2D eigenvalue weighted by atomic mass is 16.5. The second-order valence-electron chi connectivity index (χ2n) is 3.10. The first-order valence-corrected chi connectivity index (χ1v) is 4.19. The SMILES string of the molecule is C#CC1(O)CCOc2ccccc21. The fourth-order valence-electron chi connectivity index (χ4n) is 1.53. The van der Waals surface area contributed by atoms with Crippen molar-refractivity contribution in [3.8, 4) is 18.1 Å². The minimum atomic E-state index is -1.14. The molecular formula is C11H10O2. The molecule has 2 nitrogen and oxygen atoms in total. The van der Waals surface area contributed by atoms with E-state index in [2.05, 4.69) is 5.92 Å². The Bertz CT molecular complexity index is 365. The Morgan fingerprint density at radius 1 is 1.46 bits per heavy atom. The van der Waals surface area contributed by atoms with Crippen LogP contribution in [0.5, 0.6) is 5.75 Å². The van der Waals surface area contributed by atoms with E-state index in [9.17, 15) is 5.11 Å². The molecule has 0 amide bonds. The lowest BCUT2D eigenvalue weighted by Crippen LogP contribution is -2.30. The smallest absolute Gasteiger partial charge is 0.157 e. The number of terminal acetylenes is 1. The first-order valence-electron chi connectivity index (χ1n) is 4.19. The molecule has 0 bridgehead atoms. The van der Waals surface area contributed by atoms with Gasteiger partial charge in [0, 0.05) is 12.0 Å². The zero-order chi connectivity index (χ0) is 9.31. The second kappa shape index (κ2) is 2.79. The van der Waals surface area contributed by atoms with Crippen molar-refractivity contribution in [2.24, 2.45) is 0 Å². The molecule has 0 aliphatic carbocycles. The summed E-state index contributed by atoms with van der Waals surface area (Å²) in [4.78, 5) is 0. The first kappa shape index (κ1) is 8.15. The van der Waals surface area contributed by atoms with E-state index >= 15 is 0 Å². The summed E-state index contributed by atoms with van der Waals surface area (Å²) in [5, 5.41) is 10.0. The van der Waals surface area contributed by atoms with Crippen molar-refractivity contribution in [1.29, 1.82) is 0 Å². The molecule has 1 aliphatic rings. The third kappa shape index (κ3) is 1.18. The predicted molar refractivity (Wildman–Crippen MR) is 49.3 cm³/mol. The monoisotopic (exact) mass is 174 g/mol. The molecule has 2 rings (SSSR count). The summed E-state index contributed by atoms with van der Waals surface area (Å²) in [5.41, 5.74) is -0.446. The van der Waals surface area contributed by atoms with Crippen LogP contribution in [0.25, 0.3) is 0 Å². The summed E-state index contributed by atoms with van der Waals surface area (Å²) in [6.45, 7) is 0.470. The fraction of sp³-hybridized carbons (Fsp3) is 0.273. The van der Waals surface area contributed by atoms with Crippen LogP contribution in [0.3, 0.4) is 0 Å². The molecular weight excluding hydrogens is 164 g/mol. The molecule has 1 aromatic rings.